The predicted molar refractivity (Wildman–Crippen MR) is 115 cm³/mol. The minimum atomic E-state index is -4.83. The number of nitrogens with zero attached hydrogens (tertiary/aromatic N) is 2. The van der Waals surface area contributed by atoms with Crippen LogP contribution in [0.4, 0.5) is 23.7 Å². The summed E-state index contributed by atoms with van der Waals surface area (Å²) in [5.41, 5.74) is 0.304. The zero-order valence-electron chi connectivity index (χ0n) is 17.3. The van der Waals surface area contributed by atoms with E-state index < -0.39 is 29.4 Å². The summed E-state index contributed by atoms with van der Waals surface area (Å²) in [7, 11) is 0. The molecule has 0 bridgehead atoms. The second-order valence-corrected chi connectivity index (χ2v) is 9.16. The van der Waals surface area contributed by atoms with E-state index in [9.17, 15) is 18.0 Å². The molecular weight excluding hydrogens is 468 g/mol. The summed E-state index contributed by atoms with van der Waals surface area (Å²) < 4.78 is 48.1. The van der Waals surface area contributed by atoms with E-state index in [0.717, 1.165) is 0 Å². The van der Waals surface area contributed by atoms with Crippen LogP contribution in [0.1, 0.15) is 25.5 Å². The standard InChI is InChI=1S/C22H21Cl2F3N2O3/c1-13(23)14(2)28-19(15-4-3-5-18(10-15)32-22(25,26)27)21(11-31-12-21)29(20(28)30)17-8-6-16(24)7-9-17/h3-10,13-14,19H,11-12H2,1-2H3/t13-,14?,19-/m0/s1. The Balaban J connectivity index is 1.84. The lowest BCUT2D eigenvalue weighted by molar-refractivity contribution is -0.274. The van der Waals surface area contributed by atoms with Crippen molar-refractivity contribution in [3.63, 3.8) is 0 Å². The zero-order valence-corrected chi connectivity index (χ0v) is 18.8. The normalized spacial score (nSPS) is 22.1. The number of rotatable bonds is 5. The van der Waals surface area contributed by atoms with Gasteiger partial charge in [-0.15, -0.1) is 24.8 Å². The Bertz CT molecular complexity index is 997. The Hall–Kier alpha value is -2.16. The van der Waals surface area contributed by atoms with Gasteiger partial charge in [0.05, 0.1) is 24.6 Å². The van der Waals surface area contributed by atoms with Crippen molar-refractivity contribution < 1.29 is 27.4 Å². The van der Waals surface area contributed by atoms with Gasteiger partial charge in [0.1, 0.15) is 11.3 Å². The van der Waals surface area contributed by atoms with Gasteiger partial charge in [-0.1, -0.05) is 23.7 Å². The fraction of sp³-hybridized carbons (Fsp3) is 0.409. The van der Waals surface area contributed by atoms with E-state index in [2.05, 4.69) is 4.74 Å². The van der Waals surface area contributed by atoms with E-state index in [1.54, 1.807) is 47.1 Å². The first-order valence-corrected chi connectivity index (χ1v) is 10.8. The molecule has 2 aromatic rings. The molecule has 2 saturated heterocycles. The van der Waals surface area contributed by atoms with Crippen LogP contribution in [0.15, 0.2) is 48.5 Å². The molecule has 0 aromatic heterocycles. The third kappa shape index (κ3) is 4.00. The summed E-state index contributed by atoms with van der Waals surface area (Å²) in [6.45, 7) is 4.03. The molecule has 1 unspecified atom stereocenters. The maximum Gasteiger partial charge on any atom is 0.573 e. The third-order valence-electron chi connectivity index (χ3n) is 5.94. The maximum absolute atomic E-state index is 13.7. The minimum absolute atomic E-state index is 0.219. The van der Waals surface area contributed by atoms with E-state index in [-0.39, 0.29) is 25.0 Å². The van der Waals surface area contributed by atoms with Crippen LogP contribution in [0.25, 0.3) is 0 Å². The number of amides is 2. The molecule has 2 amide bonds. The SMILES string of the molecule is CC([C@H](C)Cl)N1C(=O)N(c2ccc(Cl)cc2)C2(COC2)[C@@H]1c1cccc(OC(F)(F)F)c1. The Morgan fingerprint density at radius 3 is 2.34 bits per heavy atom. The monoisotopic (exact) mass is 488 g/mol. The van der Waals surface area contributed by atoms with Crippen LogP contribution in [0.2, 0.25) is 5.02 Å². The number of alkyl halides is 4. The molecule has 2 aromatic carbocycles. The molecule has 0 radical (unpaired) electrons. The smallest absolute Gasteiger partial charge is 0.406 e. The number of urea groups is 1. The molecule has 2 aliphatic rings. The highest BCUT2D eigenvalue weighted by molar-refractivity contribution is 6.30. The molecule has 0 N–H and O–H groups in total. The van der Waals surface area contributed by atoms with E-state index in [1.165, 1.54) is 18.2 Å². The highest BCUT2D eigenvalue weighted by atomic mass is 35.5. The van der Waals surface area contributed by atoms with Crippen molar-refractivity contribution >= 4 is 34.9 Å². The van der Waals surface area contributed by atoms with Crippen molar-refractivity contribution in [1.29, 1.82) is 0 Å². The Kier molecular flexibility index (Phi) is 5.98. The molecule has 2 heterocycles. The number of benzene rings is 2. The van der Waals surface area contributed by atoms with Crippen molar-refractivity contribution in [2.75, 3.05) is 18.1 Å². The first kappa shape index (κ1) is 23.0. The Morgan fingerprint density at radius 1 is 1.16 bits per heavy atom. The molecule has 2 aliphatic heterocycles. The molecule has 0 saturated carbocycles. The van der Waals surface area contributed by atoms with Crippen LogP contribution in [-0.4, -0.2) is 47.5 Å². The average Bonchev–Trinajstić information content (AvgIpc) is 2.96. The zero-order chi connectivity index (χ0) is 23.3. The summed E-state index contributed by atoms with van der Waals surface area (Å²) >= 11 is 12.4. The second kappa shape index (κ2) is 8.32. The van der Waals surface area contributed by atoms with Gasteiger partial charge < -0.3 is 14.4 Å². The number of ether oxygens (including phenoxy) is 2. The maximum atomic E-state index is 13.7. The number of carbonyl (C=O) groups excluding carboxylic acids is 1. The van der Waals surface area contributed by atoms with E-state index in [4.69, 9.17) is 27.9 Å². The number of hydrogen-bond donors (Lipinski definition) is 0. The van der Waals surface area contributed by atoms with Crippen LogP contribution >= 0.6 is 23.2 Å². The highest BCUT2D eigenvalue weighted by Gasteiger charge is 2.63. The van der Waals surface area contributed by atoms with Gasteiger partial charge in [0, 0.05) is 16.8 Å². The van der Waals surface area contributed by atoms with Gasteiger partial charge in [-0.3, -0.25) is 4.90 Å². The van der Waals surface area contributed by atoms with Crippen molar-refractivity contribution in [3.8, 4) is 5.75 Å². The van der Waals surface area contributed by atoms with Gasteiger partial charge >= 0.3 is 12.4 Å². The number of halogens is 5. The molecule has 0 aliphatic carbocycles. The number of carbonyl (C=O) groups is 1. The number of anilines is 1. The Morgan fingerprint density at radius 2 is 1.81 bits per heavy atom. The molecule has 5 nitrogen and oxygen atoms in total. The summed E-state index contributed by atoms with van der Waals surface area (Å²) in [5.74, 6) is -0.352. The number of hydrogen-bond acceptors (Lipinski definition) is 3. The molecule has 1 spiro atoms. The van der Waals surface area contributed by atoms with E-state index in [0.29, 0.717) is 16.3 Å². The van der Waals surface area contributed by atoms with Crippen molar-refractivity contribution in [2.24, 2.45) is 0 Å². The van der Waals surface area contributed by atoms with Crippen molar-refractivity contribution in [1.82, 2.24) is 4.90 Å². The minimum Gasteiger partial charge on any atom is -0.406 e. The Labute approximate surface area is 193 Å². The topological polar surface area (TPSA) is 42.0 Å². The third-order valence-corrected chi connectivity index (χ3v) is 6.56. The molecule has 3 atom stereocenters. The van der Waals surface area contributed by atoms with Gasteiger partial charge in [0.15, 0.2) is 0 Å². The van der Waals surface area contributed by atoms with Gasteiger partial charge in [-0.25, -0.2) is 4.79 Å². The van der Waals surface area contributed by atoms with Crippen LogP contribution in [0, 0.1) is 0 Å². The van der Waals surface area contributed by atoms with Gasteiger partial charge in [-0.05, 0) is 55.8 Å². The second-order valence-electron chi connectivity index (χ2n) is 8.04. The summed E-state index contributed by atoms with van der Waals surface area (Å²) in [4.78, 5) is 17.0. The molecule has 10 heteroatoms. The molecular formula is C22H21Cl2F3N2O3. The van der Waals surface area contributed by atoms with Crippen molar-refractivity contribution in [3.05, 3.63) is 59.1 Å². The fourth-order valence-electron chi connectivity index (χ4n) is 4.34. The largest absolute Gasteiger partial charge is 0.573 e. The van der Waals surface area contributed by atoms with E-state index >= 15 is 0 Å². The molecule has 4 rings (SSSR count). The van der Waals surface area contributed by atoms with Gasteiger partial charge in [-0.2, -0.15) is 0 Å². The van der Waals surface area contributed by atoms with Crippen LogP contribution in [-0.2, 0) is 4.74 Å². The summed E-state index contributed by atoms with van der Waals surface area (Å²) in [6.07, 6.45) is -4.83. The lowest BCUT2D eigenvalue weighted by atomic mass is 9.82. The lowest BCUT2D eigenvalue weighted by Crippen LogP contribution is -2.62. The lowest BCUT2D eigenvalue weighted by Gasteiger charge is -2.48. The van der Waals surface area contributed by atoms with Crippen LogP contribution in [0.5, 0.6) is 5.75 Å². The summed E-state index contributed by atoms with van der Waals surface area (Å²) in [5, 5.41) is 0.117. The molecule has 2 fully saturated rings. The van der Waals surface area contributed by atoms with E-state index in [1.807, 2.05) is 6.92 Å². The average molecular weight is 489 g/mol. The first-order valence-electron chi connectivity index (χ1n) is 9.99. The van der Waals surface area contributed by atoms with Crippen LogP contribution in [0.3, 0.4) is 0 Å². The highest BCUT2D eigenvalue weighted by Crippen LogP contribution is 2.51. The van der Waals surface area contributed by atoms with Gasteiger partial charge in [0.25, 0.3) is 0 Å². The summed E-state index contributed by atoms with van der Waals surface area (Å²) in [6, 6.07) is 11.2. The predicted octanol–water partition coefficient (Wildman–Crippen LogP) is 6.01. The van der Waals surface area contributed by atoms with Gasteiger partial charge in [0.2, 0.25) is 0 Å². The van der Waals surface area contributed by atoms with Crippen molar-refractivity contribution in [2.45, 2.75) is 43.2 Å². The first-order chi connectivity index (χ1) is 15.0. The quantitative estimate of drug-likeness (QED) is 0.484. The molecule has 32 heavy (non-hydrogen) atoms. The fourth-order valence-corrected chi connectivity index (χ4v) is 4.58. The molecule has 172 valence electrons. The van der Waals surface area contributed by atoms with Crippen LogP contribution < -0.4 is 9.64 Å².